The van der Waals surface area contributed by atoms with Crippen LogP contribution in [0.3, 0.4) is 0 Å². The number of likely N-dealkylation sites (N-methyl/N-ethyl adjacent to an activating group) is 1. The number of phosphoric acid groups is 1. The topological polar surface area (TPSA) is 105 Å². The highest BCUT2D eigenvalue weighted by Crippen LogP contribution is 2.43. The van der Waals surface area contributed by atoms with E-state index in [1.807, 2.05) is 27.2 Å². The molecule has 0 aliphatic heterocycles. The summed E-state index contributed by atoms with van der Waals surface area (Å²) in [5.74, 6) is -0.186. The Morgan fingerprint density at radius 3 is 1.48 bits per heavy atom. The largest absolute Gasteiger partial charge is 0.472 e. The molecule has 0 aromatic heterocycles. The van der Waals surface area contributed by atoms with Gasteiger partial charge in [-0.2, -0.15) is 0 Å². The number of rotatable bonds is 39. The van der Waals surface area contributed by atoms with Crippen molar-refractivity contribution in [2.45, 2.75) is 206 Å². The number of aliphatic hydroxyl groups is 1. The highest BCUT2D eigenvalue weighted by Gasteiger charge is 2.27. The van der Waals surface area contributed by atoms with Crippen LogP contribution in [0.4, 0.5) is 0 Å². The van der Waals surface area contributed by atoms with Crippen LogP contribution in [0, 0.1) is 0 Å². The molecule has 0 rings (SSSR count). The molecule has 0 saturated heterocycles. The summed E-state index contributed by atoms with van der Waals surface area (Å²) in [6, 6.07) is -0.846. The van der Waals surface area contributed by atoms with Crippen LogP contribution in [0.2, 0.25) is 0 Å². The minimum Gasteiger partial charge on any atom is -0.387 e. The van der Waals surface area contributed by atoms with Gasteiger partial charge in [-0.25, -0.2) is 4.57 Å². The van der Waals surface area contributed by atoms with E-state index in [-0.39, 0.29) is 19.1 Å². The number of amides is 1. The summed E-state index contributed by atoms with van der Waals surface area (Å²) in [4.78, 5) is 23.1. The van der Waals surface area contributed by atoms with E-state index in [4.69, 9.17) is 9.05 Å². The number of nitrogens with one attached hydrogen (secondary N) is 1. The van der Waals surface area contributed by atoms with Gasteiger partial charge in [0.25, 0.3) is 0 Å². The maximum absolute atomic E-state index is 12.8. The zero-order chi connectivity index (χ0) is 38.6. The molecule has 9 heteroatoms. The Labute approximate surface area is 322 Å². The van der Waals surface area contributed by atoms with Gasteiger partial charge in [-0.1, -0.05) is 167 Å². The van der Waals surface area contributed by atoms with Crippen LogP contribution in [0.25, 0.3) is 0 Å². The van der Waals surface area contributed by atoms with Crippen molar-refractivity contribution in [1.82, 2.24) is 5.32 Å². The lowest BCUT2D eigenvalue weighted by Gasteiger charge is -2.25. The van der Waals surface area contributed by atoms with Crippen molar-refractivity contribution in [3.8, 4) is 0 Å². The van der Waals surface area contributed by atoms with Crippen molar-refractivity contribution in [2.75, 3.05) is 40.9 Å². The maximum Gasteiger partial charge on any atom is 0.472 e. The fraction of sp³-hybridized carbons (Fsp3) is 0.884. The highest BCUT2D eigenvalue weighted by molar-refractivity contribution is 7.47. The Balaban J connectivity index is 4.46. The summed E-state index contributed by atoms with van der Waals surface area (Å²) in [5, 5.41) is 13.8. The molecule has 52 heavy (non-hydrogen) atoms. The molecular formula is C43H86N2O6P+. The predicted octanol–water partition coefficient (Wildman–Crippen LogP) is 11.7. The smallest absolute Gasteiger partial charge is 0.387 e. The van der Waals surface area contributed by atoms with Crippen molar-refractivity contribution < 1.29 is 32.9 Å². The van der Waals surface area contributed by atoms with Gasteiger partial charge in [0.05, 0.1) is 39.9 Å². The molecule has 0 bridgehead atoms. The highest BCUT2D eigenvalue weighted by atomic mass is 31.2. The number of aliphatic hydroxyl groups excluding tert-OH is 1. The second-order valence-electron chi connectivity index (χ2n) is 16.1. The van der Waals surface area contributed by atoms with E-state index < -0.39 is 20.0 Å². The van der Waals surface area contributed by atoms with E-state index in [9.17, 15) is 19.4 Å². The summed E-state index contributed by atoms with van der Waals surface area (Å²) >= 11 is 0. The van der Waals surface area contributed by atoms with Gasteiger partial charge in [0, 0.05) is 6.42 Å². The molecule has 1 amide bonds. The number of unbranched alkanes of at least 4 members (excludes halogenated alkanes) is 24. The number of allylic oxidation sites excluding steroid dienone is 3. The molecule has 0 heterocycles. The first-order chi connectivity index (χ1) is 25.0. The molecule has 0 aliphatic rings. The van der Waals surface area contributed by atoms with Crippen molar-refractivity contribution in [1.29, 1.82) is 0 Å². The summed E-state index contributed by atoms with van der Waals surface area (Å²) in [6.45, 7) is 4.79. The lowest BCUT2D eigenvalue weighted by atomic mass is 10.0. The minimum atomic E-state index is -4.33. The fourth-order valence-electron chi connectivity index (χ4n) is 6.15. The number of hydrogen-bond acceptors (Lipinski definition) is 5. The van der Waals surface area contributed by atoms with Crippen LogP contribution in [0.15, 0.2) is 24.3 Å². The van der Waals surface area contributed by atoms with Gasteiger partial charge < -0.3 is 19.8 Å². The third-order valence-corrected chi connectivity index (χ3v) is 10.6. The second-order valence-corrected chi connectivity index (χ2v) is 17.5. The number of carbonyl (C=O) groups is 1. The third-order valence-electron chi connectivity index (χ3n) is 9.67. The van der Waals surface area contributed by atoms with Crippen LogP contribution in [0.5, 0.6) is 0 Å². The average Bonchev–Trinajstić information content (AvgIpc) is 3.09. The van der Waals surface area contributed by atoms with Crippen LogP contribution < -0.4 is 5.32 Å². The molecule has 3 atom stereocenters. The molecule has 0 aromatic rings. The first kappa shape index (κ1) is 51.0. The molecule has 0 spiro atoms. The standard InChI is InChI=1S/C43H85N2O6P/c1-6-8-10-12-14-16-18-20-22-23-24-26-28-30-32-34-36-42(46)41(40-51-52(48,49)50-39-38-45(3,4)5)44-43(47)37-35-33-31-29-27-25-21-19-17-15-13-11-9-7-2/h19,21,34,36,41-42,46H,6-18,20,22-33,35,37-40H2,1-5H3,(H-,44,47,48,49)/p+1/b21-19-,36-34+. The van der Waals surface area contributed by atoms with Crippen molar-refractivity contribution in [3.63, 3.8) is 0 Å². The van der Waals surface area contributed by atoms with Gasteiger partial charge in [-0.05, 0) is 44.9 Å². The predicted molar refractivity (Wildman–Crippen MR) is 221 cm³/mol. The summed E-state index contributed by atoms with van der Waals surface area (Å²) in [6.07, 6.45) is 40.9. The number of phosphoric ester groups is 1. The summed E-state index contributed by atoms with van der Waals surface area (Å²) in [5.41, 5.74) is 0. The van der Waals surface area contributed by atoms with Gasteiger partial charge in [0.15, 0.2) is 0 Å². The Morgan fingerprint density at radius 2 is 1.04 bits per heavy atom. The number of nitrogens with zero attached hydrogens (tertiary/aromatic N) is 1. The van der Waals surface area contributed by atoms with Gasteiger partial charge >= 0.3 is 7.82 Å². The molecule has 0 saturated carbocycles. The lowest BCUT2D eigenvalue weighted by Crippen LogP contribution is -2.45. The summed E-state index contributed by atoms with van der Waals surface area (Å²) < 4.78 is 23.5. The molecule has 0 aromatic carbocycles. The number of carbonyl (C=O) groups excluding carboxylic acids is 1. The first-order valence-corrected chi connectivity index (χ1v) is 23.2. The zero-order valence-electron chi connectivity index (χ0n) is 34.8. The minimum absolute atomic E-state index is 0.0609. The molecular weight excluding hydrogens is 671 g/mol. The lowest BCUT2D eigenvalue weighted by molar-refractivity contribution is -0.870. The number of quaternary nitrogens is 1. The van der Waals surface area contributed by atoms with Crippen LogP contribution in [0.1, 0.15) is 194 Å². The normalized spacial score (nSPS) is 14.7. The van der Waals surface area contributed by atoms with E-state index in [0.29, 0.717) is 17.4 Å². The molecule has 8 nitrogen and oxygen atoms in total. The molecule has 0 radical (unpaired) electrons. The van der Waals surface area contributed by atoms with E-state index in [1.54, 1.807) is 6.08 Å². The van der Waals surface area contributed by atoms with E-state index in [2.05, 4.69) is 31.3 Å². The fourth-order valence-corrected chi connectivity index (χ4v) is 6.89. The third kappa shape index (κ3) is 37.3. The Morgan fingerprint density at radius 1 is 0.635 bits per heavy atom. The van der Waals surface area contributed by atoms with E-state index in [1.165, 1.54) is 122 Å². The summed E-state index contributed by atoms with van der Waals surface area (Å²) in [7, 11) is 1.57. The Hall–Kier alpha value is -1.02. The van der Waals surface area contributed by atoms with Gasteiger partial charge in [-0.15, -0.1) is 0 Å². The number of hydrogen-bond donors (Lipinski definition) is 3. The molecule has 0 fully saturated rings. The van der Waals surface area contributed by atoms with Crippen LogP contribution in [-0.2, 0) is 18.4 Å². The van der Waals surface area contributed by atoms with Crippen molar-refractivity contribution >= 4 is 13.7 Å². The molecule has 3 N–H and O–H groups in total. The second kappa shape index (κ2) is 35.7. The maximum atomic E-state index is 12.8. The Bertz CT molecular complexity index is 907. The van der Waals surface area contributed by atoms with Gasteiger partial charge in [-0.3, -0.25) is 13.8 Å². The monoisotopic (exact) mass is 758 g/mol. The Kier molecular flexibility index (Phi) is 35.0. The van der Waals surface area contributed by atoms with E-state index in [0.717, 1.165) is 51.4 Å². The SMILES string of the molecule is CCCCCCC/C=C\CCCCCCCC(=O)NC(COP(=O)(O)OCC[N+](C)(C)C)C(O)/C=C/CCCCCCCCCCCCCCCC. The van der Waals surface area contributed by atoms with Gasteiger partial charge in [0.2, 0.25) is 5.91 Å². The van der Waals surface area contributed by atoms with Crippen LogP contribution in [-0.4, -0.2) is 73.4 Å². The van der Waals surface area contributed by atoms with Crippen molar-refractivity contribution in [3.05, 3.63) is 24.3 Å². The van der Waals surface area contributed by atoms with E-state index >= 15 is 0 Å². The molecule has 308 valence electrons. The molecule has 3 unspecified atom stereocenters. The first-order valence-electron chi connectivity index (χ1n) is 21.7. The molecule has 0 aliphatic carbocycles. The quantitative estimate of drug-likeness (QED) is 0.0250. The van der Waals surface area contributed by atoms with Gasteiger partial charge in [0.1, 0.15) is 13.2 Å². The van der Waals surface area contributed by atoms with Crippen LogP contribution >= 0.6 is 7.82 Å². The zero-order valence-corrected chi connectivity index (χ0v) is 35.7. The average molecular weight is 758 g/mol. The van der Waals surface area contributed by atoms with Crippen molar-refractivity contribution in [2.24, 2.45) is 0 Å².